The van der Waals surface area contributed by atoms with E-state index < -0.39 is 10.0 Å². The quantitative estimate of drug-likeness (QED) is 0.590. The van der Waals surface area contributed by atoms with Crippen LogP contribution in [-0.4, -0.2) is 40.0 Å². The van der Waals surface area contributed by atoms with Gasteiger partial charge in [0.05, 0.1) is 12.4 Å². The molecule has 1 rings (SSSR count). The van der Waals surface area contributed by atoms with Gasteiger partial charge < -0.3 is 10.5 Å². The van der Waals surface area contributed by atoms with Crippen molar-refractivity contribution in [2.24, 2.45) is 5.73 Å². The van der Waals surface area contributed by atoms with E-state index in [0.717, 1.165) is 12.8 Å². The molecule has 5 nitrogen and oxygen atoms in total. The molecular formula is C8H18N2O3S. The summed E-state index contributed by atoms with van der Waals surface area (Å²) in [7, 11) is -3.12. The van der Waals surface area contributed by atoms with Crippen LogP contribution < -0.4 is 10.5 Å². The zero-order valence-corrected chi connectivity index (χ0v) is 9.05. The molecular weight excluding hydrogens is 204 g/mol. The molecule has 1 unspecified atom stereocenters. The number of sulfonamides is 1. The smallest absolute Gasteiger partial charge is 0.211 e. The number of ether oxygens (including phenoxy) is 1. The molecule has 1 heterocycles. The number of rotatable bonds is 6. The minimum absolute atomic E-state index is 0.0297. The van der Waals surface area contributed by atoms with Crippen molar-refractivity contribution in [3.8, 4) is 0 Å². The SMILES string of the molecule is NCCCCS(=O)(=O)NC1CCOC1. The number of hydrogen-bond donors (Lipinski definition) is 2. The lowest BCUT2D eigenvalue weighted by atomic mass is 10.3. The molecule has 0 aliphatic carbocycles. The Kier molecular flexibility index (Phi) is 4.80. The molecule has 84 valence electrons. The molecule has 0 aromatic rings. The van der Waals surface area contributed by atoms with Crippen molar-refractivity contribution < 1.29 is 13.2 Å². The van der Waals surface area contributed by atoms with Crippen molar-refractivity contribution in [3.63, 3.8) is 0 Å². The van der Waals surface area contributed by atoms with Gasteiger partial charge in [0.2, 0.25) is 10.0 Å². The van der Waals surface area contributed by atoms with E-state index in [1.54, 1.807) is 0 Å². The Bertz CT molecular complexity index is 247. The summed E-state index contributed by atoms with van der Waals surface area (Å²) in [5, 5.41) is 0. The second-order valence-corrected chi connectivity index (χ2v) is 5.37. The molecule has 1 saturated heterocycles. The highest BCUT2D eigenvalue weighted by Crippen LogP contribution is 2.05. The van der Waals surface area contributed by atoms with E-state index in [4.69, 9.17) is 10.5 Å². The average molecular weight is 222 g/mol. The van der Waals surface area contributed by atoms with Gasteiger partial charge in [0.25, 0.3) is 0 Å². The first-order valence-electron chi connectivity index (χ1n) is 4.92. The molecule has 0 bridgehead atoms. The molecule has 0 aromatic heterocycles. The maximum Gasteiger partial charge on any atom is 0.211 e. The predicted octanol–water partition coefficient (Wildman–Crippen LogP) is -0.566. The first-order chi connectivity index (χ1) is 6.64. The molecule has 0 aromatic carbocycles. The van der Waals surface area contributed by atoms with Crippen LogP contribution in [0.3, 0.4) is 0 Å². The van der Waals surface area contributed by atoms with Gasteiger partial charge in [-0.25, -0.2) is 13.1 Å². The Morgan fingerprint density at radius 3 is 2.79 bits per heavy atom. The van der Waals surface area contributed by atoms with E-state index in [2.05, 4.69) is 4.72 Å². The van der Waals surface area contributed by atoms with Crippen LogP contribution >= 0.6 is 0 Å². The summed E-state index contributed by atoms with van der Waals surface area (Å²) >= 11 is 0. The van der Waals surface area contributed by atoms with Crippen molar-refractivity contribution in [2.45, 2.75) is 25.3 Å². The summed E-state index contributed by atoms with van der Waals surface area (Å²) in [5.74, 6) is 0.167. The molecule has 1 aliphatic heterocycles. The van der Waals surface area contributed by atoms with Crippen LogP contribution in [0.5, 0.6) is 0 Å². The standard InChI is InChI=1S/C8H18N2O3S/c9-4-1-2-6-14(11,12)10-8-3-5-13-7-8/h8,10H,1-7,9H2. The fourth-order valence-corrected chi connectivity index (χ4v) is 2.77. The molecule has 6 heteroatoms. The van der Waals surface area contributed by atoms with Crippen molar-refractivity contribution in [2.75, 3.05) is 25.5 Å². The van der Waals surface area contributed by atoms with E-state index in [1.807, 2.05) is 0 Å². The molecule has 0 saturated carbocycles. The fraction of sp³-hybridized carbons (Fsp3) is 1.00. The fourth-order valence-electron chi connectivity index (χ4n) is 1.38. The zero-order valence-electron chi connectivity index (χ0n) is 8.24. The highest BCUT2D eigenvalue weighted by Gasteiger charge is 2.21. The van der Waals surface area contributed by atoms with Gasteiger partial charge >= 0.3 is 0 Å². The number of unbranched alkanes of at least 4 members (excludes halogenated alkanes) is 1. The minimum atomic E-state index is -3.12. The second kappa shape index (κ2) is 5.65. The Balaban J connectivity index is 2.26. The van der Waals surface area contributed by atoms with Crippen LogP contribution in [0.4, 0.5) is 0 Å². The number of nitrogens with one attached hydrogen (secondary N) is 1. The summed E-state index contributed by atoms with van der Waals surface area (Å²) in [6, 6.07) is -0.0297. The molecule has 3 N–H and O–H groups in total. The summed E-state index contributed by atoms with van der Waals surface area (Å²) in [6.45, 7) is 1.69. The first-order valence-corrected chi connectivity index (χ1v) is 6.57. The third kappa shape index (κ3) is 4.36. The Hall–Kier alpha value is -0.170. The van der Waals surface area contributed by atoms with Gasteiger partial charge in [-0.1, -0.05) is 0 Å². The molecule has 1 fully saturated rings. The van der Waals surface area contributed by atoms with Crippen LogP contribution in [0.25, 0.3) is 0 Å². The molecule has 1 atom stereocenters. The molecule has 14 heavy (non-hydrogen) atoms. The van der Waals surface area contributed by atoms with Crippen LogP contribution in [0.15, 0.2) is 0 Å². The molecule has 0 radical (unpaired) electrons. The highest BCUT2D eigenvalue weighted by atomic mass is 32.2. The van der Waals surface area contributed by atoms with Gasteiger partial charge in [-0.3, -0.25) is 0 Å². The number of nitrogens with two attached hydrogens (primary N) is 1. The van der Waals surface area contributed by atoms with Crippen molar-refractivity contribution >= 4 is 10.0 Å². The maximum absolute atomic E-state index is 11.5. The van der Waals surface area contributed by atoms with Crippen LogP contribution in [0.1, 0.15) is 19.3 Å². The summed E-state index contributed by atoms with van der Waals surface area (Å²) in [5.41, 5.74) is 5.29. The second-order valence-electron chi connectivity index (χ2n) is 3.49. The van der Waals surface area contributed by atoms with E-state index in [0.29, 0.717) is 26.2 Å². The van der Waals surface area contributed by atoms with Gasteiger partial charge in [-0.2, -0.15) is 0 Å². The van der Waals surface area contributed by atoms with Gasteiger partial charge in [0, 0.05) is 12.6 Å². The van der Waals surface area contributed by atoms with Crippen LogP contribution in [-0.2, 0) is 14.8 Å². The largest absolute Gasteiger partial charge is 0.380 e. The minimum Gasteiger partial charge on any atom is -0.380 e. The third-order valence-corrected chi connectivity index (χ3v) is 3.66. The average Bonchev–Trinajstić information content (AvgIpc) is 2.56. The van der Waals surface area contributed by atoms with E-state index in [1.165, 1.54) is 0 Å². The lowest BCUT2D eigenvalue weighted by Gasteiger charge is -2.10. The monoisotopic (exact) mass is 222 g/mol. The van der Waals surface area contributed by atoms with Gasteiger partial charge in [0.15, 0.2) is 0 Å². The van der Waals surface area contributed by atoms with Crippen molar-refractivity contribution in [1.82, 2.24) is 4.72 Å². The summed E-state index contributed by atoms with van der Waals surface area (Å²) in [6.07, 6.45) is 2.15. The van der Waals surface area contributed by atoms with Gasteiger partial charge in [-0.15, -0.1) is 0 Å². The highest BCUT2D eigenvalue weighted by molar-refractivity contribution is 7.89. The summed E-state index contributed by atoms with van der Waals surface area (Å²) < 4.78 is 30.6. The topological polar surface area (TPSA) is 81.4 Å². The van der Waals surface area contributed by atoms with Gasteiger partial charge in [0.1, 0.15) is 0 Å². The van der Waals surface area contributed by atoms with Crippen LogP contribution in [0, 0.1) is 0 Å². The Morgan fingerprint density at radius 1 is 1.43 bits per heavy atom. The van der Waals surface area contributed by atoms with Gasteiger partial charge in [-0.05, 0) is 25.8 Å². The Morgan fingerprint density at radius 2 is 2.21 bits per heavy atom. The third-order valence-electron chi connectivity index (χ3n) is 2.14. The van der Waals surface area contributed by atoms with Crippen molar-refractivity contribution in [1.29, 1.82) is 0 Å². The van der Waals surface area contributed by atoms with E-state index in [9.17, 15) is 8.42 Å². The molecule has 0 amide bonds. The van der Waals surface area contributed by atoms with E-state index in [-0.39, 0.29) is 11.8 Å². The zero-order chi connectivity index (χ0) is 10.4. The normalized spacial score (nSPS) is 22.8. The summed E-state index contributed by atoms with van der Waals surface area (Å²) in [4.78, 5) is 0. The first kappa shape index (κ1) is 11.9. The lowest BCUT2D eigenvalue weighted by molar-refractivity contribution is 0.192. The molecule has 1 aliphatic rings. The predicted molar refractivity (Wildman–Crippen MR) is 54.4 cm³/mol. The maximum atomic E-state index is 11.5. The number of hydrogen-bond acceptors (Lipinski definition) is 4. The van der Waals surface area contributed by atoms with E-state index >= 15 is 0 Å². The van der Waals surface area contributed by atoms with Crippen molar-refractivity contribution in [3.05, 3.63) is 0 Å². The Labute approximate surface area is 85.1 Å². The van der Waals surface area contributed by atoms with Crippen LogP contribution in [0.2, 0.25) is 0 Å². The lowest BCUT2D eigenvalue weighted by Crippen LogP contribution is -2.36. The molecule has 0 spiro atoms.